The highest BCUT2D eigenvalue weighted by Crippen LogP contribution is 2.40. The second kappa shape index (κ2) is 7.46. The fourth-order valence-corrected chi connectivity index (χ4v) is 3.41. The minimum absolute atomic E-state index is 0.0155. The summed E-state index contributed by atoms with van der Waals surface area (Å²) >= 11 is 0. The van der Waals surface area contributed by atoms with Crippen LogP contribution >= 0.6 is 0 Å². The Morgan fingerprint density at radius 2 is 1.66 bits per heavy atom. The summed E-state index contributed by atoms with van der Waals surface area (Å²) in [4.78, 5) is 41.3. The number of hydrogen-bond donors (Lipinski definition) is 1. The van der Waals surface area contributed by atoms with Crippen LogP contribution in [0.1, 0.15) is 23.5 Å². The lowest BCUT2D eigenvalue weighted by Gasteiger charge is -2.24. The van der Waals surface area contributed by atoms with Crippen LogP contribution in [0.4, 0.5) is 5.82 Å². The van der Waals surface area contributed by atoms with Crippen molar-refractivity contribution in [2.75, 3.05) is 21.3 Å². The molecule has 0 amide bonds. The van der Waals surface area contributed by atoms with E-state index in [1.807, 2.05) is 0 Å². The molecule has 154 valence electrons. The predicted molar refractivity (Wildman–Crippen MR) is 104 cm³/mol. The number of carboxylic acid groups (broad SMARTS) is 1. The van der Waals surface area contributed by atoms with Gasteiger partial charge >= 0.3 is 11.7 Å². The molecule has 0 saturated heterocycles. The number of ether oxygens (including phenoxy) is 3. The van der Waals surface area contributed by atoms with Crippen molar-refractivity contribution in [3.63, 3.8) is 0 Å². The van der Waals surface area contributed by atoms with E-state index in [9.17, 15) is 19.5 Å². The van der Waals surface area contributed by atoms with Crippen molar-refractivity contribution in [1.29, 1.82) is 0 Å². The number of carbonyl (C=O) groups is 1. The number of rotatable bonds is 5. The van der Waals surface area contributed by atoms with Gasteiger partial charge in [0.15, 0.2) is 11.5 Å². The summed E-state index contributed by atoms with van der Waals surface area (Å²) in [6, 6.07) is 3.28. The van der Waals surface area contributed by atoms with Gasteiger partial charge in [-0.25, -0.2) is 9.79 Å². The first-order valence-corrected chi connectivity index (χ1v) is 8.65. The SMILES string of the molecule is COc1cc(C2=Nc3c(c(=O)n(C)c(=O)n3C)C(C(=O)O)C2)cc(OC)c1OC. The molecular weight excluding hydrogens is 382 g/mol. The molecule has 1 aromatic carbocycles. The number of fused-ring (bicyclic) bond motifs is 1. The zero-order valence-electron chi connectivity index (χ0n) is 16.7. The molecule has 3 rings (SSSR count). The van der Waals surface area contributed by atoms with E-state index in [-0.39, 0.29) is 17.8 Å². The Labute approximate surface area is 165 Å². The van der Waals surface area contributed by atoms with Crippen molar-refractivity contribution in [3.8, 4) is 17.2 Å². The predicted octanol–water partition coefficient (Wildman–Crippen LogP) is 0.802. The molecule has 0 saturated carbocycles. The Morgan fingerprint density at radius 3 is 2.14 bits per heavy atom. The normalized spacial score (nSPS) is 15.3. The van der Waals surface area contributed by atoms with E-state index in [0.29, 0.717) is 28.5 Å². The summed E-state index contributed by atoms with van der Waals surface area (Å²) in [6.45, 7) is 0. The van der Waals surface area contributed by atoms with Gasteiger partial charge in [-0.3, -0.25) is 18.7 Å². The van der Waals surface area contributed by atoms with Gasteiger partial charge in [0.2, 0.25) is 5.75 Å². The van der Waals surface area contributed by atoms with Crippen LogP contribution in [0.25, 0.3) is 0 Å². The Kier molecular flexibility index (Phi) is 5.19. The van der Waals surface area contributed by atoms with E-state index in [0.717, 1.165) is 4.57 Å². The molecule has 1 unspecified atom stereocenters. The molecule has 0 bridgehead atoms. The summed E-state index contributed by atoms with van der Waals surface area (Å²) in [5, 5.41) is 9.75. The van der Waals surface area contributed by atoms with Gasteiger partial charge in [0.05, 0.1) is 38.5 Å². The van der Waals surface area contributed by atoms with Gasteiger partial charge in [0.25, 0.3) is 5.56 Å². The number of aliphatic carboxylic acids is 1. The van der Waals surface area contributed by atoms with E-state index in [1.54, 1.807) is 12.1 Å². The summed E-state index contributed by atoms with van der Waals surface area (Å²) < 4.78 is 18.1. The minimum atomic E-state index is -1.18. The molecule has 1 aliphatic heterocycles. The lowest BCUT2D eigenvalue weighted by molar-refractivity contribution is -0.138. The van der Waals surface area contributed by atoms with Crippen LogP contribution in [-0.4, -0.2) is 47.3 Å². The standard InChI is InChI=1S/C19H21N3O7/c1-21-16-14(17(23)22(2)19(21)26)10(18(24)25)8-11(20-16)9-6-12(27-3)15(29-5)13(7-9)28-4/h6-7,10H,8H2,1-5H3,(H,24,25). The number of aliphatic imine (C=N–C) groups is 1. The lowest BCUT2D eigenvalue weighted by atomic mass is 9.89. The van der Waals surface area contributed by atoms with Crippen LogP contribution in [0.3, 0.4) is 0 Å². The first kappa shape index (κ1) is 20.2. The quantitative estimate of drug-likeness (QED) is 0.784. The van der Waals surface area contributed by atoms with Gasteiger partial charge in [-0.05, 0) is 12.1 Å². The summed E-state index contributed by atoms with van der Waals surface area (Å²) in [5.74, 6) is -1.17. The molecule has 10 nitrogen and oxygen atoms in total. The van der Waals surface area contributed by atoms with Crippen LogP contribution in [0.15, 0.2) is 26.7 Å². The minimum Gasteiger partial charge on any atom is -0.493 e. The molecule has 29 heavy (non-hydrogen) atoms. The lowest BCUT2D eigenvalue weighted by Crippen LogP contribution is -2.42. The Hall–Kier alpha value is -3.56. The van der Waals surface area contributed by atoms with Gasteiger partial charge in [0, 0.05) is 26.1 Å². The first-order valence-electron chi connectivity index (χ1n) is 8.65. The van der Waals surface area contributed by atoms with Crippen molar-refractivity contribution in [3.05, 3.63) is 44.1 Å². The zero-order chi connectivity index (χ0) is 21.5. The number of benzene rings is 1. The van der Waals surface area contributed by atoms with Crippen molar-refractivity contribution in [2.45, 2.75) is 12.3 Å². The maximum absolute atomic E-state index is 12.6. The third kappa shape index (κ3) is 3.16. The summed E-state index contributed by atoms with van der Waals surface area (Å²) in [6.07, 6.45) is -0.0333. The fourth-order valence-electron chi connectivity index (χ4n) is 3.41. The highest BCUT2D eigenvalue weighted by Gasteiger charge is 2.34. The molecule has 0 radical (unpaired) electrons. The van der Waals surface area contributed by atoms with Crippen LogP contribution < -0.4 is 25.5 Å². The van der Waals surface area contributed by atoms with Crippen LogP contribution in [0, 0.1) is 0 Å². The Bertz CT molecular complexity index is 1120. The Balaban J connectivity index is 2.31. The van der Waals surface area contributed by atoms with E-state index in [2.05, 4.69) is 4.99 Å². The molecular formula is C19H21N3O7. The third-order valence-corrected chi connectivity index (χ3v) is 4.95. The second-order valence-electron chi connectivity index (χ2n) is 6.51. The number of carboxylic acids is 1. The van der Waals surface area contributed by atoms with Crippen LogP contribution in [0.2, 0.25) is 0 Å². The maximum Gasteiger partial charge on any atom is 0.332 e. The third-order valence-electron chi connectivity index (χ3n) is 4.95. The molecule has 2 heterocycles. The van der Waals surface area contributed by atoms with Gasteiger partial charge in [-0.1, -0.05) is 0 Å². The smallest absolute Gasteiger partial charge is 0.332 e. The van der Waals surface area contributed by atoms with Gasteiger partial charge in [-0.2, -0.15) is 0 Å². The highest BCUT2D eigenvalue weighted by molar-refractivity contribution is 6.06. The number of methoxy groups -OCH3 is 3. The molecule has 2 aromatic rings. The molecule has 0 fully saturated rings. The average Bonchev–Trinajstić information content (AvgIpc) is 2.73. The van der Waals surface area contributed by atoms with E-state index in [4.69, 9.17) is 14.2 Å². The topological polar surface area (TPSA) is 121 Å². The van der Waals surface area contributed by atoms with Gasteiger partial charge < -0.3 is 19.3 Å². The largest absolute Gasteiger partial charge is 0.493 e. The molecule has 1 atom stereocenters. The molecule has 0 spiro atoms. The van der Waals surface area contributed by atoms with Crippen molar-refractivity contribution < 1.29 is 24.1 Å². The number of hydrogen-bond acceptors (Lipinski definition) is 7. The van der Waals surface area contributed by atoms with Gasteiger partial charge in [-0.15, -0.1) is 0 Å². The van der Waals surface area contributed by atoms with Gasteiger partial charge in [0.1, 0.15) is 5.82 Å². The van der Waals surface area contributed by atoms with Crippen LogP contribution in [-0.2, 0) is 18.9 Å². The van der Waals surface area contributed by atoms with E-state index in [1.165, 1.54) is 40.0 Å². The number of nitrogens with zero attached hydrogens (tertiary/aromatic N) is 3. The Morgan fingerprint density at radius 1 is 1.07 bits per heavy atom. The highest BCUT2D eigenvalue weighted by atomic mass is 16.5. The first-order chi connectivity index (χ1) is 13.7. The van der Waals surface area contributed by atoms with Crippen molar-refractivity contribution >= 4 is 17.5 Å². The summed E-state index contributed by atoms with van der Waals surface area (Å²) in [7, 11) is 7.16. The van der Waals surface area contributed by atoms with E-state index < -0.39 is 23.1 Å². The second-order valence-corrected chi connectivity index (χ2v) is 6.51. The summed E-state index contributed by atoms with van der Waals surface area (Å²) in [5.41, 5.74) is -0.355. The molecule has 10 heteroatoms. The number of aromatic nitrogens is 2. The van der Waals surface area contributed by atoms with Crippen molar-refractivity contribution in [2.24, 2.45) is 19.1 Å². The monoisotopic (exact) mass is 403 g/mol. The molecule has 1 aliphatic rings. The average molecular weight is 403 g/mol. The maximum atomic E-state index is 12.6. The zero-order valence-corrected chi connectivity index (χ0v) is 16.7. The molecule has 1 N–H and O–H groups in total. The van der Waals surface area contributed by atoms with Crippen LogP contribution in [0.5, 0.6) is 17.2 Å². The van der Waals surface area contributed by atoms with Crippen molar-refractivity contribution in [1.82, 2.24) is 9.13 Å². The molecule has 0 aliphatic carbocycles. The van der Waals surface area contributed by atoms with E-state index >= 15 is 0 Å². The fraction of sp³-hybridized carbons (Fsp3) is 0.368. The molecule has 1 aromatic heterocycles.